The van der Waals surface area contributed by atoms with Gasteiger partial charge < -0.3 is 18.9 Å². The van der Waals surface area contributed by atoms with Gasteiger partial charge in [0.15, 0.2) is 11.5 Å². The van der Waals surface area contributed by atoms with Crippen molar-refractivity contribution in [1.82, 2.24) is 15.0 Å². The molecule has 2 aromatic carbocycles. The summed E-state index contributed by atoms with van der Waals surface area (Å²) in [4.78, 5) is 19.4. The van der Waals surface area contributed by atoms with Crippen LogP contribution in [-0.4, -0.2) is 40.8 Å². The quantitative estimate of drug-likeness (QED) is 0.644. The average Bonchev–Trinajstić information content (AvgIpc) is 3.42. The van der Waals surface area contributed by atoms with E-state index in [1.165, 1.54) is 0 Å². The summed E-state index contributed by atoms with van der Waals surface area (Å²) in [5.41, 5.74) is 1.39. The standard InChI is InChI=1S/C21H18ClN3O4/c22-16-5-1-3-13(9-16)19-23-20(29-24-19)15-4-2-8-25(11-15)21(26)14-6-7-17-18(10-14)28-12-27-17/h1,3,5-7,9-10,15H,2,4,8,11-12H2. The van der Waals surface area contributed by atoms with Crippen LogP contribution in [0.4, 0.5) is 0 Å². The van der Waals surface area contributed by atoms with Gasteiger partial charge in [0.2, 0.25) is 18.5 Å². The number of fused-ring (bicyclic) bond motifs is 1. The topological polar surface area (TPSA) is 77.7 Å². The number of halogens is 1. The molecule has 0 saturated carbocycles. The number of benzene rings is 2. The van der Waals surface area contributed by atoms with Crippen molar-refractivity contribution in [1.29, 1.82) is 0 Å². The summed E-state index contributed by atoms with van der Waals surface area (Å²) in [5, 5.41) is 4.71. The van der Waals surface area contributed by atoms with E-state index in [2.05, 4.69) is 10.1 Å². The van der Waals surface area contributed by atoms with E-state index in [4.69, 9.17) is 25.6 Å². The molecule has 1 saturated heterocycles. The van der Waals surface area contributed by atoms with E-state index in [0.717, 1.165) is 18.4 Å². The van der Waals surface area contributed by atoms with E-state index in [0.29, 0.717) is 46.9 Å². The first-order valence-electron chi connectivity index (χ1n) is 9.46. The normalized spacial score (nSPS) is 18.1. The Bertz CT molecular complexity index is 1070. The van der Waals surface area contributed by atoms with Crippen LogP contribution in [0.25, 0.3) is 11.4 Å². The smallest absolute Gasteiger partial charge is 0.254 e. The van der Waals surface area contributed by atoms with Crippen LogP contribution in [0, 0.1) is 0 Å². The molecule has 0 bridgehead atoms. The van der Waals surface area contributed by atoms with Crippen molar-refractivity contribution in [2.75, 3.05) is 19.9 Å². The van der Waals surface area contributed by atoms with Crippen molar-refractivity contribution < 1.29 is 18.8 Å². The third-order valence-corrected chi connectivity index (χ3v) is 5.44. The summed E-state index contributed by atoms with van der Waals surface area (Å²) < 4.78 is 16.2. The highest BCUT2D eigenvalue weighted by molar-refractivity contribution is 6.30. The van der Waals surface area contributed by atoms with Gasteiger partial charge in [-0.3, -0.25) is 4.79 Å². The Labute approximate surface area is 172 Å². The second-order valence-electron chi connectivity index (χ2n) is 7.12. The molecule has 3 aromatic rings. The number of hydrogen-bond acceptors (Lipinski definition) is 6. The maximum absolute atomic E-state index is 13.0. The summed E-state index contributed by atoms with van der Waals surface area (Å²) in [6.07, 6.45) is 1.76. The van der Waals surface area contributed by atoms with Crippen molar-refractivity contribution in [3.63, 3.8) is 0 Å². The van der Waals surface area contributed by atoms with E-state index in [1.807, 2.05) is 17.0 Å². The van der Waals surface area contributed by atoms with E-state index in [1.54, 1.807) is 30.3 Å². The van der Waals surface area contributed by atoms with Crippen LogP contribution in [0.15, 0.2) is 47.0 Å². The zero-order chi connectivity index (χ0) is 19.8. The Kier molecular flexibility index (Phi) is 4.60. The van der Waals surface area contributed by atoms with Gasteiger partial charge in [-0.25, -0.2) is 0 Å². The predicted molar refractivity (Wildman–Crippen MR) is 105 cm³/mol. The minimum absolute atomic E-state index is 0.00199. The fourth-order valence-electron chi connectivity index (χ4n) is 3.72. The number of amides is 1. The molecule has 1 amide bonds. The first kappa shape index (κ1) is 18.0. The van der Waals surface area contributed by atoms with Crippen LogP contribution in [0.3, 0.4) is 0 Å². The highest BCUT2D eigenvalue weighted by Gasteiger charge is 2.30. The maximum atomic E-state index is 13.0. The number of hydrogen-bond donors (Lipinski definition) is 0. The largest absolute Gasteiger partial charge is 0.454 e. The fourth-order valence-corrected chi connectivity index (χ4v) is 3.91. The van der Waals surface area contributed by atoms with Crippen molar-refractivity contribution in [3.8, 4) is 22.9 Å². The van der Waals surface area contributed by atoms with E-state index in [-0.39, 0.29) is 18.6 Å². The van der Waals surface area contributed by atoms with E-state index in [9.17, 15) is 4.79 Å². The SMILES string of the molecule is O=C(c1ccc2c(c1)OCO2)N1CCCC(c2nc(-c3cccc(Cl)c3)no2)C1. The highest BCUT2D eigenvalue weighted by atomic mass is 35.5. The zero-order valence-corrected chi connectivity index (χ0v) is 16.3. The van der Waals surface area contributed by atoms with Gasteiger partial charge in [0.25, 0.3) is 5.91 Å². The van der Waals surface area contributed by atoms with Gasteiger partial charge in [0.05, 0.1) is 5.92 Å². The number of likely N-dealkylation sites (tertiary alicyclic amines) is 1. The van der Waals surface area contributed by atoms with Gasteiger partial charge in [-0.15, -0.1) is 0 Å². The molecule has 0 aliphatic carbocycles. The van der Waals surface area contributed by atoms with Crippen LogP contribution in [-0.2, 0) is 0 Å². The number of nitrogens with zero attached hydrogens (tertiary/aromatic N) is 3. The molecule has 29 heavy (non-hydrogen) atoms. The minimum Gasteiger partial charge on any atom is -0.454 e. The third kappa shape index (κ3) is 3.53. The summed E-state index contributed by atoms with van der Waals surface area (Å²) in [7, 11) is 0. The molecular formula is C21H18ClN3O4. The molecular weight excluding hydrogens is 394 g/mol. The van der Waals surface area contributed by atoms with Crippen molar-refractivity contribution in [3.05, 3.63) is 58.9 Å². The molecule has 0 spiro atoms. The molecule has 1 unspecified atom stereocenters. The Morgan fingerprint density at radius 3 is 2.93 bits per heavy atom. The number of ether oxygens (including phenoxy) is 2. The molecule has 7 nitrogen and oxygen atoms in total. The number of rotatable bonds is 3. The number of aromatic nitrogens is 2. The fraction of sp³-hybridized carbons (Fsp3) is 0.286. The summed E-state index contributed by atoms with van der Waals surface area (Å²) >= 11 is 6.05. The lowest BCUT2D eigenvalue weighted by Crippen LogP contribution is -2.39. The molecule has 1 aromatic heterocycles. The lowest BCUT2D eigenvalue weighted by molar-refractivity contribution is 0.0695. The molecule has 2 aliphatic rings. The molecule has 8 heteroatoms. The highest BCUT2D eigenvalue weighted by Crippen LogP contribution is 2.34. The first-order chi connectivity index (χ1) is 14.2. The lowest BCUT2D eigenvalue weighted by Gasteiger charge is -2.31. The zero-order valence-electron chi connectivity index (χ0n) is 15.5. The Balaban J connectivity index is 1.32. The summed E-state index contributed by atoms with van der Waals surface area (Å²) in [5.74, 6) is 2.28. The number of carbonyl (C=O) groups excluding carboxylic acids is 1. The van der Waals surface area contributed by atoms with Crippen LogP contribution in [0.1, 0.15) is 35.0 Å². The van der Waals surface area contributed by atoms with E-state index >= 15 is 0 Å². The van der Waals surface area contributed by atoms with Crippen LogP contribution >= 0.6 is 11.6 Å². The third-order valence-electron chi connectivity index (χ3n) is 5.20. The van der Waals surface area contributed by atoms with Crippen LogP contribution < -0.4 is 9.47 Å². The monoisotopic (exact) mass is 411 g/mol. The molecule has 5 rings (SSSR count). The van der Waals surface area contributed by atoms with Crippen molar-refractivity contribution in [2.45, 2.75) is 18.8 Å². The Morgan fingerprint density at radius 1 is 1.14 bits per heavy atom. The van der Waals surface area contributed by atoms with E-state index < -0.39 is 0 Å². The molecule has 148 valence electrons. The first-order valence-corrected chi connectivity index (χ1v) is 9.83. The lowest BCUT2D eigenvalue weighted by atomic mass is 9.97. The predicted octanol–water partition coefficient (Wildman–Crippen LogP) is 4.14. The van der Waals surface area contributed by atoms with Gasteiger partial charge in [-0.2, -0.15) is 4.98 Å². The molecule has 3 heterocycles. The Hall–Kier alpha value is -3.06. The van der Waals surface area contributed by atoms with Gasteiger partial charge in [-0.1, -0.05) is 28.9 Å². The van der Waals surface area contributed by atoms with Crippen molar-refractivity contribution in [2.24, 2.45) is 0 Å². The van der Waals surface area contributed by atoms with Gasteiger partial charge in [-0.05, 0) is 43.2 Å². The summed E-state index contributed by atoms with van der Waals surface area (Å²) in [6, 6.07) is 12.6. The number of carbonyl (C=O) groups is 1. The maximum Gasteiger partial charge on any atom is 0.254 e. The van der Waals surface area contributed by atoms with Gasteiger partial charge in [0.1, 0.15) is 0 Å². The molecule has 0 N–H and O–H groups in total. The molecule has 2 aliphatic heterocycles. The summed E-state index contributed by atoms with van der Waals surface area (Å²) in [6.45, 7) is 1.41. The Morgan fingerprint density at radius 2 is 2.03 bits per heavy atom. The average molecular weight is 412 g/mol. The molecule has 1 atom stereocenters. The second kappa shape index (κ2) is 7.40. The second-order valence-corrected chi connectivity index (χ2v) is 7.56. The molecule has 0 radical (unpaired) electrons. The van der Waals surface area contributed by atoms with Crippen LogP contribution in [0.2, 0.25) is 5.02 Å². The van der Waals surface area contributed by atoms with Gasteiger partial charge in [0, 0.05) is 29.2 Å². The van der Waals surface area contributed by atoms with Crippen molar-refractivity contribution >= 4 is 17.5 Å². The molecule has 1 fully saturated rings. The number of piperidine rings is 1. The van der Waals surface area contributed by atoms with Crippen LogP contribution in [0.5, 0.6) is 11.5 Å². The van der Waals surface area contributed by atoms with Gasteiger partial charge >= 0.3 is 0 Å². The minimum atomic E-state index is -0.0393.